The molecule has 0 radical (unpaired) electrons. The maximum atomic E-state index is 4.61. The van der Waals surface area contributed by atoms with Gasteiger partial charge in [0.25, 0.3) is 0 Å². The second kappa shape index (κ2) is 5.66. The lowest BCUT2D eigenvalue weighted by Crippen LogP contribution is -2.24. The summed E-state index contributed by atoms with van der Waals surface area (Å²) >= 11 is 0. The molecular weight excluding hydrogens is 264 g/mol. The molecule has 2 aliphatic rings. The van der Waals surface area contributed by atoms with Gasteiger partial charge in [0, 0.05) is 26.7 Å². The standard InChI is InChI=1S/C15H26N6/c1-11(2)15(6-7-15)10-17-13-18-12(16-3)19-14(20-13)21-8-4-5-9-21/h11H,4-10H2,1-3H3,(H2,16,17,18,19,20). The van der Waals surface area contributed by atoms with Crippen LogP contribution in [0.2, 0.25) is 0 Å². The molecule has 0 aromatic carbocycles. The Balaban J connectivity index is 1.73. The van der Waals surface area contributed by atoms with E-state index in [1.165, 1.54) is 25.7 Å². The summed E-state index contributed by atoms with van der Waals surface area (Å²) in [5, 5.41) is 6.48. The van der Waals surface area contributed by atoms with Gasteiger partial charge in [0.1, 0.15) is 0 Å². The Hall–Kier alpha value is -1.59. The predicted molar refractivity (Wildman–Crippen MR) is 85.8 cm³/mol. The third kappa shape index (κ3) is 3.04. The van der Waals surface area contributed by atoms with E-state index in [0.29, 0.717) is 23.2 Å². The Kier molecular flexibility index (Phi) is 3.87. The van der Waals surface area contributed by atoms with Crippen molar-refractivity contribution in [2.75, 3.05) is 42.2 Å². The van der Waals surface area contributed by atoms with Crippen LogP contribution in [0.3, 0.4) is 0 Å². The molecular formula is C15H26N6. The van der Waals surface area contributed by atoms with E-state index >= 15 is 0 Å². The fraction of sp³-hybridized carbons (Fsp3) is 0.800. The van der Waals surface area contributed by atoms with Gasteiger partial charge in [-0.15, -0.1) is 0 Å². The van der Waals surface area contributed by atoms with Gasteiger partial charge in [-0.3, -0.25) is 0 Å². The highest BCUT2D eigenvalue weighted by Gasteiger charge is 2.45. The van der Waals surface area contributed by atoms with Crippen molar-refractivity contribution in [3.8, 4) is 0 Å². The Labute approximate surface area is 126 Å². The van der Waals surface area contributed by atoms with Crippen LogP contribution in [0.15, 0.2) is 0 Å². The Morgan fingerprint density at radius 1 is 1.10 bits per heavy atom. The van der Waals surface area contributed by atoms with Gasteiger partial charge >= 0.3 is 0 Å². The zero-order valence-corrected chi connectivity index (χ0v) is 13.3. The van der Waals surface area contributed by atoms with Crippen molar-refractivity contribution in [3.63, 3.8) is 0 Å². The van der Waals surface area contributed by atoms with Crippen LogP contribution in [0.25, 0.3) is 0 Å². The highest BCUT2D eigenvalue weighted by molar-refractivity contribution is 5.44. The highest BCUT2D eigenvalue weighted by Crippen LogP contribution is 2.51. The molecule has 1 aromatic rings. The molecule has 0 spiro atoms. The molecule has 0 amide bonds. The smallest absolute Gasteiger partial charge is 0.231 e. The predicted octanol–water partition coefficient (Wildman–Crippen LogP) is 2.36. The van der Waals surface area contributed by atoms with E-state index in [1.54, 1.807) is 0 Å². The van der Waals surface area contributed by atoms with E-state index in [-0.39, 0.29) is 0 Å². The van der Waals surface area contributed by atoms with Crippen molar-refractivity contribution in [2.24, 2.45) is 11.3 Å². The van der Waals surface area contributed by atoms with Crippen LogP contribution in [-0.4, -0.2) is 41.6 Å². The summed E-state index contributed by atoms with van der Waals surface area (Å²) in [5.41, 5.74) is 0.445. The lowest BCUT2D eigenvalue weighted by atomic mass is 9.92. The molecule has 0 unspecified atom stereocenters. The molecule has 1 saturated carbocycles. The van der Waals surface area contributed by atoms with E-state index in [2.05, 4.69) is 44.3 Å². The molecule has 116 valence electrons. The number of nitrogens with one attached hydrogen (secondary N) is 2. The van der Waals surface area contributed by atoms with E-state index < -0.39 is 0 Å². The molecule has 6 heteroatoms. The van der Waals surface area contributed by atoms with Crippen molar-refractivity contribution >= 4 is 17.8 Å². The second-order valence-electron chi connectivity index (χ2n) is 6.60. The summed E-state index contributed by atoms with van der Waals surface area (Å²) < 4.78 is 0. The normalized spacial score (nSPS) is 19.9. The molecule has 2 fully saturated rings. The number of hydrogen-bond donors (Lipinski definition) is 2. The summed E-state index contributed by atoms with van der Waals surface area (Å²) in [6.45, 7) is 7.65. The summed E-state index contributed by atoms with van der Waals surface area (Å²) in [5.74, 6) is 2.84. The van der Waals surface area contributed by atoms with Crippen molar-refractivity contribution in [1.29, 1.82) is 0 Å². The quantitative estimate of drug-likeness (QED) is 0.838. The molecule has 1 aliphatic carbocycles. The minimum Gasteiger partial charge on any atom is -0.357 e. The minimum atomic E-state index is 0.445. The van der Waals surface area contributed by atoms with Gasteiger partial charge in [-0.05, 0) is 37.0 Å². The molecule has 21 heavy (non-hydrogen) atoms. The first-order valence-electron chi connectivity index (χ1n) is 8.06. The third-order valence-corrected chi connectivity index (χ3v) is 4.95. The number of anilines is 3. The van der Waals surface area contributed by atoms with Gasteiger partial charge in [-0.2, -0.15) is 15.0 Å². The summed E-state index contributed by atoms with van der Waals surface area (Å²) in [7, 11) is 1.85. The maximum absolute atomic E-state index is 4.61. The average Bonchev–Trinajstić information content (AvgIpc) is 3.09. The first-order valence-corrected chi connectivity index (χ1v) is 8.06. The molecule has 2 N–H and O–H groups in total. The van der Waals surface area contributed by atoms with Crippen molar-refractivity contribution in [2.45, 2.75) is 39.5 Å². The summed E-state index contributed by atoms with van der Waals surface area (Å²) in [6.07, 6.45) is 5.06. The van der Waals surface area contributed by atoms with Crippen LogP contribution in [0.5, 0.6) is 0 Å². The number of aromatic nitrogens is 3. The third-order valence-electron chi connectivity index (χ3n) is 4.95. The lowest BCUT2D eigenvalue weighted by Gasteiger charge is -2.21. The zero-order chi connectivity index (χ0) is 14.9. The van der Waals surface area contributed by atoms with Crippen LogP contribution in [0, 0.1) is 11.3 Å². The first kappa shape index (κ1) is 14.4. The number of hydrogen-bond acceptors (Lipinski definition) is 6. The molecule has 3 rings (SSSR count). The molecule has 1 aliphatic heterocycles. The van der Waals surface area contributed by atoms with Gasteiger partial charge in [0.2, 0.25) is 17.8 Å². The Morgan fingerprint density at radius 3 is 2.33 bits per heavy atom. The summed E-state index contributed by atoms with van der Waals surface area (Å²) in [6, 6.07) is 0. The van der Waals surface area contributed by atoms with Crippen LogP contribution in [0.4, 0.5) is 17.8 Å². The SMILES string of the molecule is CNc1nc(NCC2(C(C)C)CC2)nc(N2CCCC2)n1. The van der Waals surface area contributed by atoms with E-state index in [0.717, 1.165) is 25.6 Å². The van der Waals surface area contributed by atoms with Crippen molar-refractivity contribution in [1.82, 2.24) is 15.0 Å². The molecule has 0 atom stereocenters. The van der Waals surface area contributed by atoms with Crippen LogP contribution in [0.1, 0.15) is 39.5 Å². The molecule has 1 aromatic heterocycles. The molecule has 6 nitrogen and oxygen atoms in total. The van der Waals surface area contributed by atoms with E-state index in [1.807, 2.05) is 7.05 Å². The fourth-order valence-corrected chi connectivity index (χ4v) is 2.99. The first-order chi connectivity index (χ1) is 10.1. The largest absolute Gasteiger partial charge is 0.357 e. The van der Waals surface area contributed by atoms with Crippen molar-refractivity contribution in [3.05, 3.63) is 0 Å². The highest BCUT2D eigenvalue weighted by atomic mass is 15.3. The van der Waals surface area contributed by atoms with Crippen LogP contribution >= 0.6 is 0 Å². The topological polar surface area (TPSA) is 66.0 Å². The average molecular weight is 290 g/mol. The van der Waals surface area contributed by atoms with Gasteiger partial charge in [-0.25, -0.2) is 0 Å². The Bertz CT molecular complexity index is 491. The maximum Gasteiger partial charge on any atom is 0.231 e. The van der Waals surface area contributed by atoms with Gasteiger partial charge in [0.05, 0.1) is 0 Å². The van der Waals surface area contributed by atoms with Gasteiger partial charge in [-0.1, -0.05) is 13.8 Å². The Morgan fingerprint density at radius 2 is 1.76 bits per heavy atom. The van der Waals surface area contributed by atoms with E-state index in [9.17, 15) is 0 Å². The second-order valence-corrected chi connectivity index (χ2v) is 6.60. The van der Waals surface area contributed by atoms with Crippen LogP contribution in [-0.2, 0) is 0 Å². The summed E-state index contributed by atoms with van der Waals surface area (Å²) in [4.78, 5) is 15.8. The van der Waals surface area contributed by atoms with Crippen LogP contribution < -0.4 is 15.5 Å². The fourth-order valence-electron chi connectivity index (χ4n) is 2.99. The minimum absolute atomic E-state index is 0.445. The number of nitrogens with zero attached hydrogens (tertiary/aromatic N) is 4. The van der Waals surface area contributed by atoms with Gasteiger partial charge < -0.3 is 15.5 Å². The molecule has 1 saturated heterocycles. The lowest BCUT2D eigenvalue weighted by molar-refractivity contribution is 0.379. The van der Waals surface area contributed by atoms with E-state index in [4.69, 9.17) is 0 Å². The van der Waals surface area contributed by atoms with Gasteiger partial charge in [0.15, 0.2) is 0 Å². The monoisotopic (exact) mass is 290 g/mol. The van der Waals surface area contributed by atoms with Crippen molar-refractivity contribution < 1.29 is 0 Å². The molecule has 2 heterocycles. The zero-order valence-electron chi connectivity index (χ0n) is 13.3. The number of rotatable bonds is 6. The molecule has 0 bridgehead atoms.